The van der Waals surface area contributed by atoms with Crippen molar-refractivity contribution >= 4 is 0 Å². The maximum absolute atomic E-state index is 3.31. The zero-order valence-corrected chi connectivity index (χ0v) is 7.51. The predicted molar refractivity (Wildman–Crippen MR) is 46.6 cm³/mol. The van der Waals surface area contributed by atoms with Crippen molar-refractivity contribution in [2.24, 2.45) is 11.8 Å². The SMILES string of the molecule is CC(C)C1CN(C2CNC2)C1. The minimum Gasteiger partial charge on any atom is -0.314 e. The first-order valence-electron chi connectivity index (χ1n) is 4.72. The Hall–Kier alpha value is -0.0800. The van der Waals surface area contributed by atoms with Gasteiger partial charge in [-0.05, 0) is 11.8 Å². The Labute approximate surface area is 69.0 Å². The van der Waals surface area contributed by atoms with Crippen LogP contribution in [0.5, 0.6) is 0 Å². The van der Waals surface area contributed by atoms with Gasteiger partial charge in [-0.2, -0.15) is 0 Å². The molecule has 0 radical (unpaired) electrons. The van der Waals surface area contributed by atoms with E-state index in [1.165, 1.54) is 26.2 Å². The summed E-state index contributed by atoms with van der Waals surface area (Å²) in [4.78, 5) is 2.61. The van der Waals surface area contributed by atoms with Gasteiger partial charge in [0.25, 0.3) is 0 Å². The van der Waals surface area contributed by atoms with Gasteiger partial charge in [0.2, 0.25) is 0 Å². The summed E-state index contributed by atoms with van der Waals surface area (Å²) in [7, 11) is 0. The zero-order chi connectivity index (χ0) is 7.84. The minimum absolute atomic E-state index is 0.880. The summed E-state index contributed by atoms with van der Waals surface area (Å²) >= 11 is 0. The maximum atomic E-state index is 3.31. The van der Waals surface area contributed by atoms with Crippen LogP contribution in [0, 0.1) is 11.8 Å². The van der Waals surface area contributed by atoms with Gasteiger partial charge in [-0.3, -0.25) is 4.90 Å². The van der Waals surface area contributed by atoms with Crippen LogP contribution in [0.25, 0.3) is 0 Å². The quantitative estimate of drug-likeness (QED) is 0.624. The highest BCUT2D eigenvalue weighted by Crippen LogP contribution is 2.26. The molecule has 2 fully saturated rings. The molecule has 11 heavy (non-hydrogen) atoms. The Kier molecular flexibility index (Phi) is 1.90. The van der Waals surface area contributed by atoms with E-state index in [1.807, 2.05) is 0 Å². The van der Waals surface area contributed by atoms with Crippen LogP contribution in [-0.4, -0.2) is 37.1 Å². The Balaban J connectivity index is 1.70. The van der Waals surface area contributed by atoms with E-state index >= 15 is 0 Å². The van der Waals surface area contributed by atoms with Gasteiger partial charge in [0.15, 0.2) is 0 Å². The number of likely N-dealkylation sites (tertiary alicyclic amines) is 1. The second kappa shape index (κ2) is 2.76. The fourth-order valence-electron chi connectivity index (χ4n) is 1.80. The molecule has 0 aromatic rings. The van der Waals surface area contributed by atoms with Crippen LogP contribution < -0.4 is 5.32 Å². The highest BCUT2D eigenvalue weighted by Gasteiger charge is 2.35. The number of nitrogens with zero attached hydrogens (tertiary/aromatic N) is 1. The van der Waals surface area contributed by atoms with Gasteiger partial charge >= 0.3 is 0 Å². The lowest BCUT2D eigenvalue weighted by Gasteiger charge is -2.49. The molecule has 0 bridgehead atoms. The average molecular weight is 154 g/mol. The number of hydrogen-bond acceptors (Lipinski definition) is 2. The third kappa shape index (κ3) is 1.30. The van der Waals surface area contributed by atoms with Crippen molar-refractivity contribution in [1.29, 1.82) is 0 Å². The molecule has 2 heterocycles. The molecule has 0 amide bonds. The van der Waals surface area contributed by atoms with Crippen molar-refractivity contribution < 1.29 is 0 Å². The van der Waals surface area contributed by atoms with Crippen molar-refractivity contribution in [3.8, 4) is 0 Å². The average Bonchev–Trinajstić information content (AvgIpc) is 1.70. The summed E-state index contributed by atoms with van der Waals surface area (Å²) in [6.07, 6.45) is 0. The van der Waals surface area contributed by atoms with E-state index in [0.29, 0.717) is 0 Å². The zero-order valence-electron chi connectivity index (χ0n) is 7.51. The molecule has 0 saturated carbocycles. The smallest absolute Gasteiger partial charge is 0.0345 e. The predicted octanol–water partition coefficient (Wildman–Crippen LogP) is 0.546. The maximum Gasteiger partial charge on any atom is 0.0345 e. The molecule has 2 nitrogen and oxygen atoms in total. The fourth-order valence-corrected chi connectivity index (χ4v) is 1.80. The summed E-state index contributed by atoms with van der Waals surface area (Å²) in [6.45, 7) is 9.83. The Bertz CT molecular complexity index is 134. The molecule has 64 valence electrons. The first kappa shape index (κ1) is 7.56. The first-order valence-corrected chi connectivity index (χ1v) is 4.72. The molecule has 0 atom stereocenters. The number of nitrogens with one attached hydrogen (secondary N) is 1. The Morgan fingerprint density at radius 1 is 1.27 bits per heavy atom. The lowest BCUT2D eigenvalue weighted by molar-refractivity contribution is 0.00796. The Morgan fingerprint density at radius 3 is 2.27 bits per heavy atom. The minimum atomic E-state index is 0.880. The van der Waals surface area contributed by atoms with Crippen molar-refractivity contribution in [3.05, 3.63) is 0 Å². The third-order valence-corrected chi connectivity index (χ3v) is 3.16. The Morgan fingerprint density at radius 2 is 1.91 bits per heavy atom. The molecule has 2 saturated heterocycles. The van der Waals surface area contributed by atoms with Crippen LogP contribution in [0.2, 0.25) is 0 Å². The molecular formula is C9H18N2. The van der Waals surface area contributed by atoms with Crippen LogP contribution in [0.15, 0.2) is 0 Å². The molecule has 2 heteroatoms. The van der Waals surface area contributed by atoms with Gasteiger partial charge in [0.05, 0.1) is 0 Å². The van der Waals surface area contributed by atoms with Gasteiger partial charge in [-0.25, -0.2) is 0 Å². The van der Waals surface area contributed by atoms with Gasteiger partial charge in [-0.1, -0.05) is 13.8 Å². The van der Waals surface area contributed by atoms with E-state index in [9.17, 15) is 0 Å². The molecule has 1 N–H and O–H groups in total. The summed E-state index contributed by atoms with van der Waals surface area (Å²) < 4.78 is 0. The van der Waals surface area contributed by atoms with Crippen LogP contribution >= 0.6 is 0 Å². The van der Waals surface area contributed by atoms with Gasteiger partial charge < -0.3 is 5.32 Å². The largest absolute Gasteiger partial charge is 0.314 e. The molecule has 2 aliphatic rings. The van der Waals surface area contributed by atoms with Gasteiger partial charge in [0, 0.05) is 32.2 Å². The number of hydrogen-bond donors (Lipinski definition) is 1. The second-order valence-corrected chi connectivity index (χ2v) is 4.27. The summed E-state index contributed by atoms with van der Waals surface area (Å²) in [5.41, 5.74) is 0. The molecule has 0 aromatic carbocycles. The van der Waals surface area contributed by atoms with Gasteiger partial charge in [0.1, 0.15) is 0 Å². The molecule has 0 aromatic heterocycles. The van der Waals surface area contributed by atoms with E-state index in [1.54, 1.807) is 0 Å². The van der Waals surface area contributed by atoms with Gasteiger partial charge in [-0.15, -0.1) is 0 Å². The van der Waals surface area contributed by atoms with Crippen molar-refractivity contribution in [2.45, 2.75) is 19.9 Å². The first-order chi connectivity index (χ1) is 5.27. The lowest BCUT2D eigenvalue weighted by atomic mass is 9.86. The van der Waals surface area contributed by atoms with E-state index in [0.717, 1.165) is 17.9 Å². The molecule has 2 aliphatic heterocycles. The van der Waals surface area contributed by atoms with Crippen LogP contribution in [0.3, 0.4) is 0 Å². The lowest BCUT2D eigenvalue weighted by Crippen LogP contribution is -2.64. The topological polar surface area (TPSA) is 15.3 Å². The molecular weight excluding hydrogens is 136 g/mol. The van der Waals surface area contributed by atoms with Crippen molar-refractivity contribution in [3.63, 3.8) is 0 Å². The van der Waals surface area contributed by atoms with E-state index in [2.05, 4.69) is 24.1 Å². The van der Waals surface area contributed by atoms with Crippen LogP contribution in [-0.2, 0) is 0 Å². The van der Waals surface area contributed by atoms with Crippen LogP contribution in [0.4, 0.5) is 0 Å². The molecule has 0 unspecified atom stereocenters. The van der Waals surface area contributed by atoms with E-state index in [4.69, 9.17) is 0 Å². The normalized spacial score (nSPS) is 28.6. The standard InChI is InChI=1S/C9H18N2/c1-7(2)8-5-11(6-8)9-3-10-4-9/h7-10H,3-6H2,1-2H3. The second-order valence-electron chi connectivity index (χ2n) is 4.27. The van der Waals surface area contributed by atoms with Crippen molar-refractivity contribution in [2.75, 3.05) is 26.2 Å². The summed E-state index contributed by atoms with van der Waals surface area (Å²) in [5.74, 6) is 1.87. The monoisotopic (exact) mass is 154 g/mol. The highest BCUT2D eigenvalue weighted by molar-refractivity contribution is 4.92. The number of rotatable bonds is 2. The van der Waals surface area contributed by atoms with E-state index in [-0.39, 0.29) is 0 Å². The third-order valence-electron chi connectivity index (χ3n) is 3.16. The molecule has 0 aliphatic carbocycles. The van der Waals surface area contributed by atoms with E-state index < -0.39 is 0 Å². The van der Waals surface area contributed by atoms with Crippen molar-refractivity contribution in [1.82, 2.24) is 10.2 Å². The fraction of sp³-hybridized carbons (Fsp3) is 1.00. The molecule has 0 spiro atoms. The molecule has 2 rings (SSSR count). The summed E-state index contributed by atoms with van der Waals surface area (Å²) in [6, 6.07) is 0.880. The van der Waals surface area contributed by atoms with Crippen LogP contribution in [0.1, 0.15) is 13.8 Å². The summed E-state index contributed by atoms with van der Waals surface area (Å²) in [5, 5.41) is 3.31. The highest BCUT2D eigenvalue weighted by atomic mass is 15.3.